The van der Waals surface area contributed by atoms with Crippen LogP contribution in [0.15, 0.2) is 36.4 Å². The number of anilines is 1. The summed E-state index contributed by atoms with van der Waals surface area (Å²) in [6.45, 7) is 5.56. The molecule has 128 valence electrons. The number of halogens is 3. The van der Waals surface area contributed by atoms with Crippen molar-refractivity contribution in [2.75, 3.05) is 31.1 Å². The van der Waals surface area contributed by atoms with Gasteiger partial charge in [-0.1, -0.05) is 18.2 Å². The summed E-state index contributed by atoms with van der Waals surface area (Å²) < 4.78 is 38.3. The maximum Gasteiger partial charge on any atom is 0.416 e. The number of nitrogens with zero attached hydrogens (tertiary/aromatic N) is 4. The lowest BCUT2D eigenvalue weighted by Gasteiger charge is -2.35. The van der Waals surface area contributed by atoms with E-state index >= 15 is 0 Å². The van der Waals surface area contributed by atoms with Gasteiger partial charge in [0, 0.05) is 32.7 Å². The minimum atomic E-state index is -4.29. The fourth-order valence-electron chi connectivity index (χ4n) is 2.80. The standard InChI is InChI=1S/C17H19F3N4/c1-13-5-6-16(22-21-13)24-9-7-23(8-10-24)12-14-3-2-4-15(11-14)17(18,19)20/h2-6,11H,7-10,12H2,1H3. The van der Waals surface area contributed by atoms with Gasteiger partial charge < -0.3 is 4.90 Å². The van der Waals surface area contributed by atoms with E-state index in [1.807, 2.05) is 19.1 Å². The van der Waals surface area contributed by atoms with E-state index in [0.29, 0.717) is 12.1 Å². The molecule has 1 aliphatic rings. The third-order valence-electron chi connectivity index (χ3n) is 4.14. The van der Waals surface area contributed by atoms with Crippen molar-refractivity contribution in [3.05, 3.63) is 53.2 Å². The third-order valence-corrected chi connectivity index (χ3v) is 4.14. The van der Waals surface area contributed by atoms with Crippen molar-refractivity contribution < 1.29 is 13.2 Å². The van der Waals surface area contributed by atoms with Crippen molar-refractivity contribution in [1.29, 1.82) is 0 Å². The Kier molecular flexibility index (Phi) is 4.71. The molecule has 0 spiro atoms. The molecule has 3 rings (SSSR count). The fraction of sp³-hybridized carbons (Fsp3) is 0.412. The van der Waals surface area contributed by atoms with Crippen LogP contribution in [0.2, 0.25) is 0 Å². The fourth-order valence-corrected chi connectivity index (χ4v) is 2.80. The van der Waals surface area contributed by atoms with Crippen LogP contribution in [-0.2, 0) is 12.7 Å². The highest BCUT2D eigenvalue weighted by atomic mass is 19.4. The van der Waals surface area contributed by atoms with E-state index in [9.17, 15) is 13.2 Å². The van der Waals surface area contributed by atoms with Crippen molar-refractivity contribution in [3.8, 4) is 0 Å². The van der Waals surface area contributed by atoms with E-state index < -0.39 is 11.7 Å². The lowest BCUT2D eigenvalue weighted by molar-refractivity contribution is -0.137. The Bertz CT molecular complexity index is 677. The van der Waals surface area contributed by atoms with Crippen LogP contribution in [0, 0.1) is 6.92 Å². The highest BCUT2D eigenvalue weighted by Crippen LogP contribution is 2.29. The van der Waals surface area contributed by atoms with Gasteiger partial charge in [-0.25, -0.2) is 0 Å². The first-order valence-electron chi connectivity index (χ1n) is 7.85. The van der Waals surface area contributed by atoms with Crippen molar-refractivity contribution in [3.63, 3.8) is 0 Å². The molecule has 0 bridgehead atoms. The third kappa shape index (κ3) is 4.03. The highest BCUT2D eigenvalue weighted by Gasteiger charge is 2.30. The lowest BCUT2D eigenvalue weighted by Crippen LogP contribution is -2.46. The second-order valence-corrected chi connectivity index (χ2v) is 5.99. The van der Waals surface area contributed by atoms with Crippen LogP contribution < -0.4 is 4.90 Å². The molecule has 24 heavy (non-hydrogen) atoms. The molecule has 1 aliphatic heterocycles. The van der Waals surface area contributed by atoms with Crippen molar-refractivity contribution in [1.82, 2.24) is 15.1 Å². The molecule has 1 aromatic heterocycles. The molecule has 2 aromatic rings. The topological polar surface area (TPSA) is 32.3 Å². The van der Waals surface area contributed by atoms with Gasteiger partial charge in [0.15, 0.2) is 5.82 Å². The minimum Gasteiger partial charge on any atom is -0.353 e. The average Bonchev–Trinajstić information content (AvgIpc) is 2.56. The van der Waals surface area contributed by atoms with Crippen LogP contribution in [-0.4, -0.2) is 41.3 Å². The molecule has 1 fully saturated rings. The quantitative estimate of drug-likeness (QED) is 0.862. The number of benzene rings is 1. The predicted molar refractivity (Wildman–Crippen MR) is 85.7 cm³/mol. The predicted octanol–water partition coefficient (Wildman–Crippen LogP) is 3.13. The zero-order chi connectivity index (χ0) is 17.2. The van der Waals surface area contributed by atoms with E-state index in [1.54, 1.807) is 6.07 Å². The molecule has 1 saturated heterocycles. The van der Waals surface area contributed by atoms with Gasteiger partial charge in [-0.3, -0.25) is 4.90 Å². The Morgan fingerprint density at radius 1 is 1.00 bits per heavy atom. The van der Waals surface area contributed by atoms with Gasteiger partial charge in [0.25, 0.3) is 0 Å². The maximum atomic E-state index is 12.8. The Morgan fingerprint density at radius 3 is 2.38 bits per heavy atom. The molecule has 0 saturated carbocycles. The molecule has 7 heteroatoms. The van der Waals surface area contributed by atoms with Crippen molar-refractivity contribution >= 4 is 5.82 Å². The smallest absolute Gasteiger partial charge is 0.353 e. The van der Waals surface area contributed by atoms with Crippen LogP contribution in [0.25, 0.3) is 0 Å². The van der Waals surface area contributed by atoms with Gasteiger partial charge in [0.1, 0.15) is 0 Å². The van der Waals surface area contributed by atoms with Crippen LogP contribution in [0.5, 0.6) is 0 Å². The summed E-state index contributed by atoms with van der Waals surface area (Å²) in [7, 11) is 0. The number of alkyl halides is 3. The number of rotatable bonds is 3. The molecule has 2 heterocycles. The highest BCUT2D eigenvalue weighted by molar-refractivity contribution is 5.37. The van der Waals surface area contributed by atoms with Gasteiger partial charge in [0.2, 0.25) is 0 Å². The van der Waals surface area contributed by atoms with Gasteiger partial charge in [-0.15, -0.1) is 5.10 Å². The molecular weight excluding hydrogens is 317 g/mol. The molecule has 0 unspecified atom stereocenters. The van der Waals surface area contributed by atoms with E-state index in [2.05, 4.69) is 20.0 Å². The zero-order valence-electron chi connectivity index (χ0n) is 13.4. The van der Waals surface area contributed by atoms with Crippen molar-refractivity contribution in [2.24, 2.45) is 0 Å². The number of aromatic nitrogens is 2. The minimum absolute atomic E-state index is 0.525. The summed E-state index contributed by atoms with van der Waals surface area (Å²) in [5, 5.41) is 8.24. The molecule has 4 nitrogen and oxygen atoms in total. The molecule has 1 aromatic carbocycles. The molecule has 0 aliphatic carbocycles. The summed E-state index contributed by atoms with van der Waals surface area (Å²) >= 11 is 0. The summed E-state index contributed by atoms with van der Waals surface area (Å²) in [4.78, 5) is 4.31. The van der Waals surface area contributed by atoms with Crippen LogP contribution in [0.4, 0.5) is 19.0 Å². The summed E-state index contributed by atoms with van der Waals surface area (Å²) in [5.74, 6) is 0.847. The Balaban J connectivity index is 1.58. The van der Waals surface area contributed by atoms with E-state index in [4.69, 9.17) is 0 Å². The monoisotopic (exact) mass is 336 g/mol. The van der Waals surface area contributed by atoms with Gasteiger partial charge in [0.05, 0.1) is 11.3 Å². The van der Waals surface area contributed by atoms with Crippen LogP contribution in [0.3, 0.4) is 0 Å². The number of piperazine rings is 1. The SMILES string of the molecule is Cc1ccc(N2CCN(Cc3cccc(C(F)(F)F)c3)CC2)nn1. The average molecular weight is 336 g/mol. The van der Waals surface area contributed by atoms with Gasteiger partial charge in [-0.05, 0) is 30.7 Å². The second kappa shape index (κ2) is 6.76. The van der Waals surface area contributed by atoms with E-state index in [-0.39, 0.29) is 0 Å². The number of hydrogen-bond acceptors (Lipinski definition) is 4. The normalized spacial score (nSPS) is 16.4. The summed E-state index contributed by atoms with van der Waals surface area (Å²) in [6, 6.07) is 9.43. The molecule has 0 atom stereocenters. The summed E-state index contributed by atoms with van der Waals surface area (Å²) in [6.07, 6.45) is -4.29. The van der Waals surface area contributed by atoms with Gasteiger partial charge >= 0.3 is 6.18 Å². The van der Waals surface area contributed by atoms with E-state index in [0.717, 1.165) is 43.8 Å². The first-order valence-corrected chi connectivity index (χ1v) is 7.85. The molecular formula is C17H19F3N4. The number of aryl methyl sites for hydroxylation is 1. The van der Waals surface area contributed by atoms with Gasteiger partial charge in [-0.2, -0.15) is 18.3 Å². The van der Waals surface area contributed by atoms with Crippen molar-refractivity contribution in [2.45, 2.75) is 19.6 Å². The maximum absolute atomic E-state index is 12.8. The molecule has 0 amide bonds. The molecule has 0 N–H and O–H groups in total. The summed E-state index contributed by atoms with van der Waals surface area (Å²) in [5.41, 5.74) is 0.976. The second-order valence-electron chi connectivity index (χ2n) is 5.99. The molecule has 0 radical (unpaired) electrons. The Hall–Kier alpha value is -2.15. The largest absolute Gasteiger partial charge is 0.416 e. The Morgan fingerprint density at radius 2 is 1.75 bits per heavy atom. The first kappa shape index (κ1) is 16.7. The van der Waals surface area contributed by atoms with Crippen LogP contribution >= 0.6 is 0 Å². The van der Waals surface area contributed by atoms with E-state index in [1.165, 1.54) is 12.1 Å². The lowest BCUT2D eigenvalue weighted by atomic mass is 10.1. The number of hydrogen-bond donors (Lipinski definition) is 0. The zero-order valence-corrected chi connectivity index (χ0v) is 13.4. The van der Waals surface area contributed by atoms with Crippen LogP contribution in [0.1, 0.15) is 16.8 Å². The Labute approximate surface area is 138 Å². The first-order chi connectivity index (χ1) is 11.4.